The Kier molecular flexibility index (Phi) is 9.78. The minimum absolute atomic E-state index is 0.0532. The summed E-state index contributed by atoms with van der Waals surface area (Å²) in [4.78, 5) is 11.9. The summed E-state index contributed by atoms with van der Waals surface area (Å²) in [5, 5.41) is 2.41. The maximum absolute atomic E-state index is 6.74. The Morgan fingerprint density at radius 2 is 1.15 bits per heavy atom. The largest absolute Gasteiger partial charge is 0.457 e. The molecule has 0 saturated carbocycles. The molecule has 0 aliphatic carbocycles. The van der Waals surface area contributed by atoms with Crippen LogP contribution in [0.25, 0.3) is 33.0 Å². The average molecular weight is 791 g/mol. The van der Waals surface area contributed by atoms with Crippen LogP contribution in [-0.2, 0) is 5.41 Å². The van der Waals surface area contributed by atoms with Crippen LogP contribution in [0.1, 0.15) is 26.3 Å². The lowest BCUT2D eigenvalue weighted by atomic mass is 9.87. The maximum Gasteiger partial charge on any atom is 0.137 e. The summed E-state index contributed by atoms with van der Waals surface area (Å²) in [6.45, 7) is 7.32. The van der Waals surface area contributed by atoms with E-state index in [1.165, 1.54) is 50.0 Å². The second-order valence-corrected chi connectivity index (χ2v) is 16.5. The van der Waals surface area contributed by atoms with Crippen LogP contribution in [0, 0.1) is 0 Å². The molecule has 1 aliphatic rings. The minimum atomic E-state index is 0.0532. The Balaban J connectivity index is 1.04. The van der Waals surface area contributed by atoms with Gasteiger partial charge in [0.1, 0.15) is 24.0 Å². The van der Waals surface area contributed by atoms with Crippen molar-refractivity contribution in [1.29, 1.82) is 0 Å². The molecule has 0 spiro atoms. The summed E-state index contributed by atoms with van der Waals surface area (Å²) >= 11 is 0. The molecule has 0 radical (unpaired) electrons. The summed E-state index contributed by atoms with van der Waals surface area (Å²) < 4.78 is 6.74. The van der Waals surface area contributed by atoms with Crippen molar-refractivity contribution in [3.05, 3.63) is 218 Å². The van der Waals surface area contributed by atoms with Gasteiger partial charge in [0.15, 0.2) is 0 Å². The molecule has 0 saturated heterocycles. The predicted octanol–water partition coefficient (Wildman–Crippen LogP) is 15.4. The second-order valence-electron chi connectivity index (χ2n) is 16.5. The number of nitrogens with zero attached hydrogens (tertiary/aromatic N) is 4. The van der Waals surface area contributed by atoms with Crippen LogP contribution in [0.2, 0.25) is 0 Å². The van der Waals surface area contributed by atoms with Crippen molar-refractivity contribution in [3.8, 4) is 33.8 Å². The Bertz CT molecular complexity index is 2900. The molecule has 0 bridgehead atoms. The highest BCUT2D eigenvalue weighted by Crippen LogP contribution is 2.53. The fourth-order valence-electron chi connectivity index (χ4n) is 8.52. The lowest BCUT2D eigenvalue weighted by Crippen LogP contribution is -2.25. The highest BCUT2D eigenvalue weighted by atomic mass is 16.5. The lowest BCUT2D eigenvalue weighted by molar-refractivity contribution is 0.483. The number of ether oxygens (including phenoxy) is 1. The van der Waals surface area contributed by atoms with Crippen molar-refractivity contribution in [1.82, 2.24) is 4.98 Å². The number of rotatable bonds is 9. The molecule has 0 unspecified atom stereocenters. The Morgan fingerprint density at radius 1 is 0.508 bits per heavy atom. The second kappa shape index (κ2) is 15.9. The Hall–Kier alpha value is -7.63. The first-order chi connectivity index (χ1) is 29.9. The van der Waals surface area contributed by atoms with E-state index in [0.717, 1.165) is 40.1 Å². The van der Waals surface area contributed by atoms with E-state index in [9.17, 15) is 0 Å². The normalized spacial score (nSPS) is 12.4. The number of hydrogen-bond donors (Lipinski definition) is 0. The van der Waals surface area contributed by atoms with Crippen LogP contribution in [0.3, 0.4) is 0 Å². The van der Waals surface area contributed by atoms with Gasteiger partial charge in [-0.1, -0.05) is 160 Å². The van der Waals surface area contributed by atoms with Crippen molar-refractivity contribution in [2.45, 2.75) is 26.2 Å². The predicted molar refractivity (Wildman–Crippen MR) is 255 cm³/mol. The van der Waals surface area contributed by atoms with Gasteiger partial charge in [-0.3, -0.25) is 4.90 Å². The molecule has 0 N–H and O–H groups in total. The van der Waals surface area contributed by atoms with Gasteiger partial charge in [0.05, 0.1) is 22.7 Å². The van der Waals surface area contributed by atoms with Gasteiger partial charge in [0.2, 0.25) is 0 Å². The van der Waals surface area contributed by atoms with Crippen LogP contribution in [0.5, 0.6) is 11.5 Å². The van der Waals surface area contributed by atoms with Gasteiger partial charge in [-0.05, 0) is 82.1 Å². The quantitative estimate of drug-likeness (QED) is 0.145. The molecule has 5 nitrogen and oxygen atoms in total. The third-order valence-electron chi connectivity index (χ3n) is 11.5. The number of aromatic nitrogens is 1. The van der Waals surface area contributed by atoms with Gasteiger partial charge in [0.25, 0.3) is 0 Å². The number of benzene rings is 8. The minimum Gasteiger partial charge on any atom is -0.457 e. The van der Waals surface area contributed by atoms with Crippen molar-refractivity contribution in [2.75, 3.05) is 21.4 Å². The van der Waals surface area contributed by atoms with Gasteiger partial charge in [-0.2, -0.15) is 0 Å². The standard InChI is InChI=1S/C56H46N4O/c1-56(2,3)43-31-33-44(34-32-43)60(53-29-12-13-36-57-53)46-23-15-25-48(38-46)61-47-24-14-22-45(37-47)58-39-59(55-51-26-11-10-21-42(51)30-35-52(55)58)54-49(40-17-6-4-7-18-40)27-16-28-50(54)41-19-8-5-9-20-41/h4-38H,39H2,1-3H3. The Morgan fingerprint density at radius 3 is 1.84 bits per heavy atom. The van der Waals surface area contributed by atoms with E-state index >= 15 is 0 Å². The summed E-state index contributed by atoms with van der Waals surface area (Å²) in [7, 11) is 0. The van der Waals surface area contributed by atoms with Crippen LogP contribution in [0.4, 0.5) is 39.9 Å². The fraction of sp³-hybridized carbons (Fsp3) is 0.0893. The molecule has 5 heteroatoms. The first-order valence-corrected chi connectivity index (χ1v) is 20.9. The summed E-state index contributed by atoms with van der Waals surface area (Å²) in [5.74, 6) is 2.32. The zero-order chi connectivity index (χ0) is 41.3. The van der Waals surface area contributed by atoms with Crippen LogP contribution in [-0.4, -0.2) is 11.7 Å². The monoisotopic (exact) mass is 790 g/mol. The number of pyridine rings is 1. The van der Waals surface area contributed by atoms with Crippen LogP contribution >= 0.6 is 0 Å². The molecule has 1 aromatic heterocycles. The van der Waals surface area contributed by atoms with E-state index in [1.54, 1.807) is 0 Å². The van der Waals surface area contributed by atoms with E-state index in [2.05, 4.69) is 205 Å². The van der Waals surface area contributed by atoms with Gasteiger partial charge < -0.3 is 14.5 Å². The molecule has 2 heterocycles. The molecular weight excluding hydrogens is 745 g/mol. The first kappa shape index (κ1) is 37.6. The van der Waals surface area contributed by atoms with E-state index < -0.39 is 0 Å². The first-order valence-electron chi connectivity index (χ1n) is 20.9. The molecular formula is C56H46N4O. The number of anilines is 7. The smallest absolute Gasteiger partial charge is 0.137 e. The van der Waals surface area contributed by atoms with Crippen molar-refractivity contribution in [2.24, 2.45) is 0 Å². The van der Waals surface area contributed by atoms with Crippen molar-refractivity contribution in [3.63, 3.8) is 0 Å². The molecule has 296 valence electrons. The van der Waals surface area contributed by atoms with Crippen molar-refractivity contribution < 1.29 is 4.74 Å². The van der Waals surface area contributed by atoms with E-state index in [-0.39, 0.29) is 5.41 Å². The highest BCUT2D eigenvalue weighted by molar-refractivity contribution is 6.09. The fourth-order valence-corrected chi connectivity index (χ4v) is 8.52. The molecule has 9 aromatic rings. The molecule has 1 aliphatic heterocycles. The molecule has 0 amide bonds. The highest BCUT2D eigenvalue weighted by Gasteiger charge is 2.33. The summed E-state index contributed by atoms with van der Waals surface area (Å²) in [6.07, 6.45) is 1.83. The molecule has 0 atom stereocenters. The van der Waals surface area contributed by atoms with E-state index in [1.807, 2.05) is 42.6 Å². The maximum atomic E-state index is 6.74. The SMILES string of the molecule is CC(C)(C)c1ccc(N(c2cccc(Oc3cccc(N4CN(c5c(-c6ccccc6)cccc5-c5ccccc5)c5c4ccc4ccccc54)c3)c2)c2ccccn2)cc1. The molecule has 10 rings (SSSR count). The number of para-hydroxylation sites is 1. The zero-order valence-electron chi connectivity index (χ0n) is 34.6. The van der Waals surface area contributed by atoms with E-state index in [0.29, 0.717) is 6.67 Å². The third-order valence-corrected chi connectivity index (χ3v) is 11.5. The topological polar surface area (TPSA) is 31.8 Å². The van der Waals surface area contributed by atoms with Gasteiger partial charge in [0, 0.05) is 46.2 Å². The molecule has 8 aromatic carbocycles. The lowest BCUT2D eigenvalue weighted by Gasteiger charge is -2.28. The summed E-state index contributed by atoms with van der Waals surface area (Å²) in [6, 6.07) is 72.8. The van der Waals surface area contributed by atoms with Crippen LogP contribution < -0.4 is 19.4 Å². The van der Waals surface area contributed by atoms with Crippen molar-refractivity contribution >= 4 is 50.7 Å². The number of hydrogen-bond acceptors (Lipinski definition) is 5. The summed E-state index contributed by atoms with van der Waals surface area (Å²) in [5.41, 5.74) is 12.6. The van der Waals surface area contributed by atoms with E-state index in [4.69, 9.17) is 9.72 Å². The van der Waals surface area contributed by atoms with Gasteiger partial charge in [-0.15, -0.1) is 0 Å². The van der Waals surface area contributed by atoms with Crippen LogP contribution in [0.15, 0.2) is 212 Å². The molecule has 61 heavy (non-hydrogen) atoms. The van der Waals surface area contributed by atoms with Gasteiger partial charge >= 0.3 is 0 Å². The third kappa shape index (κ3) is 7.36. The number of fused-ring (bicyclic) bond motifs is 3. The average Bonchev–Trinajstić information content (AvgIpc) is 3.70. The Labute approximate surface area is 358 Å². The molecule has 0 fully saturated rings. The zero-order valence-corrected chi connectivity index (χ0v) is 34.6. The van der Waals surface area contributed by atoms with Gasteiger partial charge in [-0.25, -0.2) is 4.98 Å².